The molecule has 106 valence electrons. The lowest BCUT2D eigenvalue weighted by Crippen LogP contribution is -2.17. The van der Waals surface area contributed by atoms with Crippen LogP contribution >= 0.6 is 11.3 Å². The maximum atomic E-state index is 13.1. The number of carboxylic acid groups (broad SMARTS) is 1. The van der Waals surface area contributed by atoms with Crippen LogP contribution in [0.5, 0.6) is 0 Å². The molecular weight excluding hydrogens is 277 g/mol. The smallest absolute Gasteiger partial charge is 0.308 e. The minimum absolute atomic E-state index is 0.0377. The van der Waals surface area contributed by atoms with Crippen LogP contribution in [-0.4, -0.2) is 11.1 Å². The van der Waals surface area contributed by atoms with Crippen LogP contribution in [0, 0.1) is 5.82 Å². The van der Waals surface area contributed by atoms with Crippen molar-refractivity contribution in [3.05, 3.63) is 57.5 Å². The molecule has 0 amide bonds. The number of hydrogen-bond donors (Lipinski definition) is 2. The molecule has 0 saturated carbocycles. The minimum Gasteiger partial charge on any atom is -0.481 e. The fourth-order valence-corrected chi connectivity index (χ4v) is 2.87. The van der Waals surface area contributed by atoms with E-state index in [-0.39, 0.29) is 18.3 Å². The molecule has 0 fully saturated rings. The highest BCUT2D eigenvalue weighted by Crippen LogP contribution is 2.19. The van der Waals surface area contributed by atoms with Gasteiger partial charge in [-0.2, -0.15) is 0 Å². The Balaban J connectivity index is 1.91. The Labute approximate surface area is 121 Å². The summed E-state index contributed by atoms with van der Waals surface area (Å²) in [6.45, 7) is 2.61. The van der Waals surface area contributed by atoms with Gasteiger partial charge in [-0.15, -0.1) is 11.3 Å². The van der Waals surface area contributed by atoms with Gasteiger partial charge < -0.3 is 10.4 Å². The van der Waals surface area contributed by atoms with E-state index in [1.165, 1.54) is 23.5 Å². The Bertz CT molecular complexity index is 597. The second-order valence-corrected chi connectivity index (χ2v) is 5.85. The van der Waals surface area contributed by atoms with Gasteiger partial charge in [0.25, 0.3) is 0 Å². The summed E-state index contributed by atoms with van der Waals surface area (Å²) in [5.41, 5.74) is 0.896. The molecule has 1 atom stereocenters. The molecule has 20 heavy (non-hydrogen) atoms. The quantitative estimate of drug-likeness (QED) is 0.858. The Morgan fingerprint density at radius 3 is 2.80 bits per heavy atom. The Morgan fingerprint density at radius 1 is 1.35 bits per heavy atom. The van der Waals surface area contributed by atoms with E-state index < -0.39 is 5.97 Å². The van der Waals surface area contributed by atoms with Gasteiger partial charge in [0, 0.05) is 22.3 Å². The lowest BCUT2D eigenvalue weighted by molar-refractivity contribution is -0.136. The first-order chi connectivity index (χ1) is 9.54. The normalized spacial score (nSPS) is 12.3. The van der Waals surface area contributed by atoms with E-state index in [0.717, 1.165) is 15.3 Å². The maximum absolute atomic E-state index is 13.1. The Morgan fingerprint density at radius 2 is 2.10 bits per heavy atom. The average molecular weight is 293 g/mol. The topological polar surface area (TPSA) is 49.3 Å². The summed E-state index contributed by atoms with van der Waals surface area (Å²) < 4.78 is 13.1. The first-order valence-electron chi connectivity index (χ1n) is 6.33. The third-order valence-corrected chi connectivity index (χ3v) is 4.06. The van der Waals surface area contributed by atoms with Crippen molar-refractivity contribution in [1.82, 2.24) is 5.32 Å². The van der Waals surface area contributed by atoms with Crippen molar-refractivity contribution < 1.29 is 14.3 Å². The summed E-state index contributed by atoms with van der Waals surface area (Å²) in [7, 11) is 0. The SMILES string of the molecule is C[C@@H](NCc1ccc(CC(=O)O)s1)c1cccc(F)c1. The molecule has 0 aliphatic heterocycles. The number of nitrogens with one attached hydrogen (secondary N) is 1. The first kappa shape index (κ1) is 14.7. The molecule has 2 rings (SSSR count). The number of carboxylic acids is 1. The summed E-state index contributed by atoms with van der Waals surface area (Å²) in [6, 6.07) is 10.3. The Hall–Kier alpha value is -1.72. The van der Waals surface area contributed by atoms with E-state index in [1.54, 1.807) is 6.07 Å². The van der Waals surface area contributed by atoms with Gasteiger partial charge >= 0.3 is 5.97 Å². The van der Waals surface area contributed by atoms with Gasteiger partial charge in [0.05, 0.1) is 6.42 Å². The number of hydrogen-bond acceptors (Lipinski definition) is 3. The van der Waals surface area contributed by atoms with E-state index in [1.807, 2.05) is 25.1 Å². The zero-order valence-corrected chi connectivity index (χ0v) is 11.9. The number of thiophene rings is 1. The Kier molecular flexibility index (Phi) is 4.87. The highest BCUT2D eigenvalue weighted by molar-refractivity contribution is 7.12. The number of rotatable bonds is 6. The van der Waals surface area contributed by atoms with Crippen molar-refractivity contribution >= 4 is 17.3 Å². The van der Waals surface area contributed by atoms with E-state index in [0.29, 0.717) is 6.54 Å². The molecule has 1 heterocycles. The summed E-state index contributed by atoms with van der Waals surface area (Å²) in [5, 5.41) is 12.0. The third-order valence-electron chi connectivity index (χ3n) is 2.97. The summed E-state index contributed by atoms with van der Waals surface area (Å²) >= 11 is 1.48. The van der Waals surface area contributed by atoms with Gasteiger partial charge in [0.2, 0.25) is 0 Å². The molecule has 0 radical (unpaired) electrons. The molecule has 1 aromatic heterocycles. The fourth-order valence-electron chi connectivity index (χ4n) is 1.91. The van der Waals surface area contributed by atoms with Crippen molar-refractivity contribution in [3.8, 4) is 0 Å². The van der Waals surface area contributed by atoms with E-state index in [9.17, 15) is 9.18 Å². The highest BCUT2D eigenvalue weighted by Gasteiger charge is 2.08. The third kappa shape index (κ3) is 4.15. The van der Waals surface area contributed by atoms with Gasteiger partial charge in [-0.1, -0.05) is 12.1 Å². The van der Waals surface area contributed by atoms with Crippen molar-refractivity contribution in [2.24, 2.45) is 0 Å². The molecule has 2 aromatic rings. The predicted octanol–water partition coefficient (Wildman–Crippen LogP) is 3.37. The molecule has 0 aliphatic carbocycles. The molecule has 2 N–H and O–H groups in total. The van der Waals surface area contributed by atoms with Gasteiger partial charge in [0.15, 0.2) is 0 Å². The van der Waals surface area contributed by atoms with E-state index in [4.69, 9.17) is 5.11 Å². The van der Waals surface area contributed by atoms with Gasteiger partial charge in [-0.3, -0.25) is 4.79 Å². The van der Waals surface area contributed by atoms with Crippen molar-refractivity contribution in [2.45, 2.75) is 25.9 Å². The number of halogens is 1. The predicted molar refractivity (Wildman–Crippen MR) is 77.3 cm³/mol. The average Bonchev–Trinajstić information content (AvgIpc) is 2.82. The molecule has 0 unspecified atom stereocenters. The highest BCUT2D eigenvalue weighted by atomic mass is 32.1. The zero-order chi connectivity index (χ0) is 14.5. The van der Waals surface area contributed by atoms with Crippen molar-refractivity contribution in [2.75, 3.05) is 0 Å². The molecule has 1 aromatic carbocycles. The van der Waals surface area contributed by atoms with Crippen LogP contribution in [0.2, 0.25) is 0 Å². The van der Waals surface area contributed by atoms with Crippen LogP contribution in [0.3, 0.4) is 0 Å². The largest absolute Gasteiger partial charge is 0.481 e. The molecule has 0 saturated heterocycles. The first-order valence-corrected chi connectivity index (χ1v) is 7.14. The maximum Gasteiger partial charge on any atom is 0.308 e. The second-order valence-electron chi connectivity index (χ2n) is 4.60. The second kappa shape index (κ2) is 6.63. The minimum atomic E-state index is -0.820. The molecular formula is C15H16FNO2S. The standard InChI is InChI=1S/C15H16FNO2S/c1-10(11-3-2-4-12(16)7-11)17-9-14-6-5-13(20-14)8-15(18)19/h2-7,10,17H,8-9H2,1H3,(H,18,19)/t10-/m1/s1. The van der Waals surface area contributed by atoms with Crippen LogP contribution in [0.15, 0.2) is 36.4 Å². The van der Waals surface area contributed by atoms with Gasteiger partial charge in [-0.25, -0.2) is 4.39 Å². The zero-order valence-electron chi connectivity index (χ0n) is 11.1. The number of aliphatic carboxylic acids is 1. The van der Waals surface area contributed by atoms with Crippen LogP contribution < -0.4 is 5.32 Å². The fraction of sp³-hybridized carbons (Fsp3) is 0.267. The molecule has 5 heteroatoms. The molecule has 0 spiro atoms. The number of benzene rings is 1. The summed E-state index contributed by atoms with van der Waals surface area (Å²) in [6.07, 6.45) is 0.0596. The van der Waals surface area contributed by atoms with Gasteiger partial charge in [-0.05, 0) is 36.8 Å². The lowest BCUT2D eigenvalue weighted by atomic mass is 10.1. The lowest BCUT2D eigenvalue weighted by Gasteiger charge is -2.13. The molecule has 3 nitrogen and oxygen atoms in total. The molecule has 0 bridgehead atoms. The van der Waals surface area contributed by atoms with Crippen LogP contribution in [-0.2, 0) is 17.8 Å². The van der Waals surface area contributed by atoms with Crippen LogP contribution in [0.25, 0.3) is 0 Å². The summed E-state index contributed by atoms with van der Waals surface area (Å²) in [5.74, 6) is -1.06. The van der Waals surface area contributed by atoms with Gasteiger partial charge in [0.1, 0.15) is 5.82 Å². The monoisotopic (exact) mass is 293 g/mol. The van der Waals surface area contributed by atoms with E-state index >= 15 is 0 Å². The van der Waals surface area contributed by atoms with Crippen molar-refractivity contribution in [1.29, 1.82) is 0 Å². The molecule has 0 aliphatic rings. The van der Waals surface area contributed by atoms with E-state index in [2.05, 4.69) is 5.32 Å². The number of carbonyl (C=O) groups is 1. The van der Waals surface area contributed by atoms with Crippen LogP contribution in [0.1, 0.15) is 28.3 Å². The van der Waals surface area contributed by atoms with Crippen LogP contribution in [0.4, 0.5) is 4.39 Å². The summed E-state index contributed by atoms with van der Waals surface area (Å²) in [4.78, 5) is 12.5. The van der Waals surface area contributed by atoms with Crippen molar-refractivity contribution in [3.63, 3.8) is 0 Å².